The zero-order valence-electron chi connectivity index (χ0n) is 20.2. The van der Waals surface area contributed by atoms with Gasteiger partial charge >= 0.3 is 5.97 Å². The molecule has 4 rings (SSSR count). The lowest BCUT2D eigenvalue weighted by Gasteiger charge is -2.56. The highest BCUT2D eigenvalue weighted by atomic mass is 16.6. The lowest BCUT2D eigenvalue weighted by atomic mass is 9.53. The Labute approximate surface area is 195 Å². The van der Waals surface area contributed by atoms with Crippen LogP contribution in [0.15, 0.2) is 24.0 Å². The molecule has 0 radical (unpaired) electrons. The molecular formula is C26H33NO6. The van der Waals surface area contributed by atoms with E-state index in [0.29, 0.717) is 17.9 Å². The summed E-state index contributed by atoms with van der Waals surface area (Å²) in [6.45, 7) is 6.29. The Kier molecular flexibility index (Phi) is 5.81. The molecule has 0 spiro atoms. The first-order valence-corrected chi connectivity index (χ1v) is 11.3. The van der Waals surface area contributed by atoms with Crippen LogP contribution in [0.1, 0.15) is 50.3 Å². The first-order chi connectivity index (χ1) is 15.5. The first-order valence-electron chi connectivity index (χ1n) is 11.3. The van der Waals surface area contributed by atoms with Gasteiger partial charge in [0.1, 0.15) is 5.60 Å². The summed E-state index contributed by atoms with van der Waals surface area (Å²) in [4.78, 5) is 27.6. The van der Waals surface area contributed by atoms with Gasteiger partial charge in [-0.1, -0.05) is 0 Å². The molecule has 2 bridgehead atoms. The zero-order chi connectivity index (χ0) is 24.1. The fraction of sp³-hybridized carbons (Fsp3) is 0.538. The van der Waals surface area contributed by atoms with Crippen LogP contribution in [0.4, 0.5) is 0 Å². The Hall–Kier alpha value is -2.80. The summed E-state index contributed by atoms with van der Waals surface area (Å²) >= 11 is 0. The van der Waals surface area contributed by atoms with Crippen molar-refractivity contribution in [2.24, 2.45) is 5.92 Å². The maximum Gasteiger partial charge on any atom is 0.331 e. The van der Waals surface area contributed by atoms with Crippen molar-refractivity contribution in [1.82, 2.24) is 4.90 Å². The molecule has 0 unspecified atom stereocenters. The minimum absolute atomic E-state index is 0.0251. The highest BCUT2D eigenvalue weighted by molar-refractivity contribution is 5.96. The standard InChI is InChI=1S/C26H33NO6/c1-25(2,3)33-22(29)8-7-15-11-21(32-6)24(30)23-16(15)12-18-17-13-20(31-5)19(28)14-26(17,23)9-10-27(18)4/h7-8,11,13,17-18,30H,9-10,12,14H2,1-6H3/b8-7+/t17-,18+,26-/m1/s1. The van der Waals surface area contributed by atoms with E-state index in [1.807, 2.05) is 26.8 Å². The number of benzene rings is 1. The zero-order valence-corrected chi connectivity index (χ0v) is 20.2. The number of likely N-dealkylation sites (tertiary alicyclic amines) is 1. The quantitative estimate of drug-likeness (QED) is 0.550. The number of carbonyl (C=O) groups excluding carboxylic acids is 2. The van der Waals surface area contributed by atoms with E-state index < -0.39 is 17.0 Å². The predicted molar refractivity (Wildman–Crippen MR) is 124 cm³/mol. The fourth-order valence-electron chi connectivity index (χ4n) is 5.77. The number of aromatic hydroxyl groups is 1. The van der Waals surface area contributed by atoms with Crippen molar-refractivity contribution < 1.29 is 28.9 Å². The number of ketones is 1. The second kappa shape index (κ2) is 8.20. The topological polar surface area (TPSA) is 85.3 Å². The van der Waals surface area contributed by atoms with Crippen molar-refractivity contribution >= 4 is 17.8 Å². The number of piperidine rings is 1. The average Bonchev–Trinajstić information content (AvgIpc) is 2.73. The molecule has 7 heteroatoms. The van der Waals surface area contributed by atoms with Crippen molar-refractivity contribution in [3.05, 3.63) is 40.7 Å². The number of hydrogen-bond acceptors (Lipinski definition) is 7. The maximum atomic E-state index is 13.0. The summed E-state index contributed by atoms with van der Waals surface area (Å²) in [7, 11) is 5.13. The Morgan fingerprint density at radius 2 is 2.00 bits per heavy atom. The molecule has 1 fully saturated rings. The number of nitrogens with zero attached hydrogens (tertiary/aromatic N) is 1. The predicted octanol–water partition coefficient (Wildman–Crippen LogP) is 3.37. The monoisotopic (exact) mass is 455 g/mol. The van der Waals surface area contributed by atoms with E-state index in [1.165, 1.54) is 20.3 Å². The third-order valence-electron chi connectivity index (χ3n) is 7.17. The number of methoxy groups -OCH3 is 2. The molecule has 7 nitrogen and oxygen atoms in total. The molecule has 33 heavy (non-hydrogen) atoms. The molecule has 1 heterocycles. The number of hydrogen-bond donors (Lipinski definition) is 1. The van der Waals surface area contributed by atoms with Crippen LogP contribution in [0.2, 0.25) is 0 Å². The molecular weight excluding hydrogens is 422 g/mol. The molecule has 178 valence electrons. The number of phenolic OH excluding ortho intramolecular Hbond substituents is 1. The minimum Gasteiger partial charge on any atom is -0.504 e. The number of carbonyl (C=O) groups is 2. The largest absolute Gasteiger partial charge is 0.504 e. The van der Waals surface area contributed by atoms with Crippen LogP contribution >= 0.6 is 0 Å². The minimum atomic E-state index is -0.590. The van der Waals surface area contributed by atoms with Gasteiger partial charge in [0.05, 0.1) is 14.2 Å². The van der Waals surface area contributed by atoms with E-state index in [0.717, 1.165) is 29.7 Å². The van der Waals surface area contributed by atoms with Crippen molar-refractivity contribution in [3.8, 4) is 11.5 Å². The number of likely N-dealkylation sites (N-methyl/N-ethyl adjacent to an activating group) is 1. The van der Waals surface area contributed by atoms with Crippen LogP contribution in [0, 0.1) is 5.92 Å². The number of Topliss-reactive ketones (excluding diaryl/α,β-unsaturated/α-hetero) is 1. The molecule has 1 saturated heterocycles. The van der Waals surface area contributed by atoms with Crippen LogP contribution in [0.25, 0.3) is 6.08 Å². The second-order valence-electron chi connectivity index (χ2n) is 10.3. The van der Waals surface area contributed by atoms with Gasteiger partial charge in [-0.3, -0.25) is 4.79 Å². The maximum absolute atomic E-state index is 13.0. The lowest BCUT2D eigenvalue weighted by molar-refractivity contribution is -0.148. The molecule has 0 aromatic heterocycles. The van der Waals surface area contributed by atoms with Gasteiger partial charge in [0.25, 0.3) is 0 Å². The molecule has 0 amide bonds. The SMILES string of the molecule is COC1=C[C@@H]2[C@@H]3Cc4c(/C=C/C(=O)OC(C)(C)C)cc(OC)c(O)c4[C@]2(CCN3C)CC1=O. The van der Waals surface area contributed by atoms with E-state index in [-0.39, 0.29) is 29.9 Å². The molecule has 0 saturated carbocycles. The molecule has 3 atom stereocenters. The average molecular weight is 456 g/mol. The molecule has 2 aliphatic carbocycles. The van der Waals surface area contributed by atoms with Gasteiger partial charge in [-0.15, -0.1) is 0 Å². The number of rotatable bonds is 4. The third kappa shape index (κ3) is 3.92. The second-order valence-corrected chi connectivity index (χ2v) is 10.3. The summed E-state index contributed by atoms with van der Waals surface area (Å²) in [5, 5.41) is 11.3. The van der Waals surface area contributed by atoms with Crippen LogP contribution < -0.4 is 4.74 Å². The summed E-state index contributed by atoms with van der Waals surface area (Å²) in [5.74, 6) is 0.337. The van der Waals surface area contributed by atoms with Crippen molar-refractivity contribution in [2.75, 3.05) is 27.8 Å². The lowest BCUT2D eigenvalue weighted by Crippen LogP contribution is -2.60. The number of phenols is 1. The number of allylic oxidation sites excluding steroid dienone is 1. The van der Waals surface area contributed by atoms with E-state index in [1.54, 1.807) is 12.1 Å². The third-order valence-corrected chi connectivity index (χ3v) is 7.17. The van der Waals surface area contributed by atoms with Crippen LogP contribution in [0.5, 0.6) is 11.5 Å². The Morgan fingerprint density at radius 1 is 1.27 bits per heavy atom. The highest BCUT2D eigenvalue weighted by Gasteiger charge is 2.57. The molecule has 1 aromatic carbocycles. The number of esters is 1. The van der Waals surface area contributed by atoms with E-state index in [4.69, 9.17) is 14.2 Å². The summed E-state index contributed by atoms with van der Waals surface area (Å²) in [6, 6.07) is 1.90. The van der Waals surface area contributed by atoms with Gasteiger partial charge in [0, 0.05) is 35.4 Å². The van der Waals surface area contributed by atoms with E-state index >= 15 is 0 Å². The molecule has 1 aliphatic heterocycles. The Balaban J connectivity index is 1.89. The van der Waals surface area contributed by atoms with Gasteiger partial charge in [-0.05, 0) is 76.6 Å². The normalized spacial score (nSPS) is 27.0. The van der Waals surface area contributed by atoms with E-state index in [9.17, 15) is 14.7 Å². The number of fused-ring (bicyclic) bond motifs is 1. The Bertz CT molecular complexity index is 1050. The van der Waals surface area contributed by atoms with Crippen molar-refractivity contribution in [1.29, 1.82) is 0 Å². The first kappa shape index (κ1) is 23.4. The smallest absolute Gasteiger partial charge is 0.331 e. The summed E-state index contributed by atoms with van der Waals surface area (Å²) < 4.78 is 16.3. The van der Waals surface area contributed by atoms with Gasteiger partial charge in [-0.2, -0.15) is 0 Å². The molecule has 1 N–H and O–H groups in total. The van der Waals surface area contributed by atoms with Gasteiger partial charge in [0.2, 0.25) is 0 Å². The van der Waals surface area contributed by atoms with Crippen LogP contribution in [0.3, 0.4) is 0 Å². The van der Waals surface area contributed by atoms with Crippen LogP contribution in [-0.4, -0.2) is 61.2 Å². The van der Waals surface area contributed by atoms with Crippen molar-refractivity contribution in [2.45, 2.75) is 57.1 Å². The Morgan fingerprint density at radius 3 is 2.64 bits per heavy atom. The number of ether oxygens (including phenoxy) is 3. The van der Waals surface area contributed by atoms with Gasteiger partial charge < -0.3 is 24.2 Å². The summed E-state index contributed by atoms with van der Waals surface area (Å²) in [6.07, 6.45) is 6.76. The van der Waals surface area contributed by atoms with Crippen molar-refractivity contribution in [3.63, 3.8) is 0 Å². The van der Waals surface area contributed by atoms with E-state index in [2.05, 4.69) is 11.9 Å². The molecule has 1 aromatic rings. The fourth-order valence-corrected chi connectivity index (χ4v) is 5.77. The highest BCUT2D eigenvalue weighted by Crippen LogP contribution is 2.58. The molecule has 3 aliphatic rings. The van der Waals surface area contributed by atoms with Gasteiger partial charge in [0.15, 0.2) is 23.0 Å². The summed E-state index contributed by atoms with van der Waals surface area (Å²) in [5.41, 5.74) is 1.37. The van der Waals surface area contributed by atoms with Gasteiger partial charge in [-0.25, -0.2) is 4.79 Å². The van der Waals surface area contributed by atoms with Crippen LogP contribution in [-0.2, 0) is 30.9 Å².